The Morgan fingerprint density at radius 1 is 1.11 bits per heavy atom. The van der Waals surface area contributed by atoms with Crippen molar-refractivity contribution < 1.29 is 24.2 Å². The molecule has 182 valence electrons. The first kappa shape index (κ1) is 23.1. The highest BCUT2D eigenvalue weighted by molar-refractivity contribution is 6.09. The Bertz CT molecular complexity index is 1300. The van der Waals surface area contributed by atoms with E-state index in [1.807, 2.05) is 49.4 Å². The molecule has 2 fully saturated rings. The summed E-state index contributed by atoms with van der Waals surface area (Å²) in [6.45, 7) is 2.28. The van der Waals surface area contributed by atoms with E-state index in [0.717, 1.165) is 22.9 Å². The maximum absolute atomic E-state index is 13.7. The number of aromatic nitrogens is 1. The summed E-state index contributed by atoms with van der Waals surface area (Å²) in [7, 11) is 1.54. The fourth-order valence-corrected chi connectivity index (χ4v) is 5.80. The Balaban J connectivity index is 1.65. The fraction of sp³-hybridized carbons (Fsp3) is 0.370. The van der Waals surface area contributed by atoms with Crippen LogP contribution in [0.3, 0.4) is 0 Å². The number of hydrogen-bond donors (Lipinski definition) is 3. The predicted molar refractivity (Wildman–Crippen MR) is 130 cm³/mol. The summed E-state index contributed by atoms with van der Waals surface area (Å²) >= 11 is 0. The molecule has 0 radical (unpaired) electrons. The van der Waals surface area contributed by atoms with Crippen molar-refractivity contribution >= 4 is 28.7 Å². The van der Waals surface area contributed by atoms with Crippen LogP contribution >= 0.6 is 0 Å². The predicted octanol–water partition coefficient (Wildman–Crippen LogP) is 3.29. The third-order valence-electron chi connectivity index (χ3n) is 7.48. The largest absolute Gasteiger partial charge is 0.496 e. The summed E-state index contributed by atoms with van der Waals surface area (Å²) in [6, 6.07) is 14.2. The number of H-pyrrole nitrogens is 1. The van der Waals surface area contributed by atoms with E-state index < -0.39 is 35.3 Å². The number of fused-ring (bicyclic) bond motifs is 2. The number of para-hydroxylation sites is 2. The second kappa shape index (κ2) is 8.85. The summed E-state index contributed by atoms with van der Waals surface area (Å²) in [5.41, 5.74) is 0.680. The number of unbranched alkanes of at least 4 members (excludes halogenated alkanes) is 1. The van der Waals surface area contributed by atoms with E-state index in [0.29, 0.717) is 24.3 Å². The third kappa shape index (κ3) is 3.51. The summed E-state index contributed by atoms with van der Waals surface area (Å²) in [5.74, 6) is -3.21. The van der Waals surface area contributed by atoms with Crippen LogP contribution in [-0.2, 0) is 20.8 Å². The van der Waals surface area contributed by atoms with Crippen molar-refractivity contribution in [3.05, 3.63) is 65.9 Å². The van der Waals surface area contributed by atoms with Crippen LogP contribution in [0.4, 0.5) is 0 Å². The molecule has 4 atom stereocenters. The van der Waals surface area contributed by atoms with Crippen molar-refractivity contribution in [1.82, 2.24) is 15.2 Å². The molecular weight excluding hydrogens is 446 g/mol. The van der Waals surface area contributed by atoms with Crippen LogP contribution in [0.5, 0.6) is 5.75 Å². The van der Waals surface area contributed by atoms with Crippen molar-refractivity contribution in [1.29, 1.82) is 0 Å². The van der Waals surface area contributed by atoms with Gasteiger partial charge in [0.2, 0.25) is 11.8 Å². The number of rotatable bonds is 8. The van der Waals surface area contributed by atoms with Gasteiger partial charge in [0.05, 0.1) is 18.9 Å². The number of hydrogen-bond acceptors (Lipinski definition) is 5. The van der Waals surface area contributed by atoms with Crippen LogP contribution in [-0.4, -0.2) is 52.0 Å². The van der Waals surface area contributed by atoms with Gasteiger partial charge < -0.3 is 14.8 Å². The van der Waals surface area contributed by atoms with Crippen LogP contribution < -0.4 is 10.1 Å². The Hall–Kier alpha value is -3.65. The van der Waals surface area contributed by atoms with E-state index in [-0.39, 0.29) is 12.3 Å². The number of ether oxygens (including phenoxy) is 1. The lowest BCUT2D eigenvalue weighted by Gasteiger charge is -2.31. The molecule has 2 aliphatic heterocycles. The minimum absolute atomic E-state index is 0.0554. The zero-order valence-electron chi connectivity index (χ0n) is 19.8. The number of nitrogens with zero attached hydrogens (tertiary/aromatic N) is 1. The molecule has 0 spiro atoms. The second-order valence-electron chi connectivity index (χ2n) is 9.36. The quantitative estimate of drug-likeness (QED) is 0.431. The highest BCUT2D eigenvalue weighted by atomic mass is 16.5. The zero-order valence-corrected chi connectivity index (χ0v) is 19.8. The second-order valence-corrected chi connectivity index (χ2v) is 9.36. The van der Waals surface area contributed by atoms with Crippen LogP contribution in [0.25, 0.3) is 10.9 Å². The number of imide groups is 1. The van der Waals surface area contributed by atoms with Crippen molar-refractivity contribution in [2.75, 3.05) is 13.7 Å². The Kier molecular flexibility index (Phi) is 5.84. The van der Waals surface area contributed by atoms with Gasteiger partial charge in [-0.2, -0.15) is 0 Å². The number of carbonyl (C=O) groups excluding carboxylic acids is 2. The van der Waals surface area contributed by atoms with Gasteiger partial charge in [-0.3, -0.25) is 24.6 Å². The highest BCUT2D eigenvalue weighted by Gasteiger charge is 2.68. The van der Waals surface area contributed by atoms with E-state index >= 15 is 0 Å². The SMILES string of the molecule is CCCCN1C(=O)C2C(c3ccccc3OC)NC(Cc3c[nH]c4ccccc34)(C(=O)O)C2C1=O. The molecule has 0 bridgehead atoms. The van der Waals surface area contributed by atoms with E-state index in [1.54, 1.807) is 12.3 Å². The molecule has 8 nitrogen and oxygen atoms in total. The highest BCUT2D eigenvalue weighted by Crippen LogP contribution is 2.51. The van der Waals surface area contributed by atoms with Crippen molar-refractivity contribution in [3.63, 3.8) is 0 Å². The van der Waals surface area contributed by atoms with Gasteiger partial charge in [-0.25, -0.2) is 0 Å². The van der Waals surface area contributed by atoms with Crippen LogP contribution in [0.1, 0.15) is 36.9 Å². The Morgan fingerprint density at radius 2 is 1.86 bits per heavy atom. The Morgan fingerprint density at radius 3 is 2.60 bits per heavy atom. The molecule has 3 heterocycles. The molecule has 3 N–H and O–H groups in total. The van der Waals surface area contributed by atoms with Crippen molar-refractivity contribution in [2.45, 2.75) is 37.8 Å². The fourth-order valence-electron chi connectivity index (χ4n) is 5.80. The number of carbonyl (C=O) groups is 3. The molecule has 35 heavy (non-hydrogen) atoms. The number of nitrogens with one attached hydrogen (secondary N) is 2. The molecule has 5 rings (SSSR count). The first-order chi connectivity index (χ1) is 16.9. The molecule has 2 amide bonds. The standard InChI is InChI=1S/C27H29N3O5/c1-3-4-13-30-24(31)21-22(25(30)32)27(26(33)34,14-16-15-28-19-11-7-5-9-17(16)19)29-23(21)18-10-6-8-12-20(18)35-2/h5-12,15,21-23,28-29H,3-4,13-14H2,1-2H3,(H,33,34). The average Bonchev–Trinajstić information content (AvgIpc) is 3.51. The molecule has 8 heteroatoms. The number of aliphatic carboxylic acids is 1. The molecule has 2 saturated heterocycles. The normalized spacial score (nSPS) is 25.9. The van der Waals surface area contributed by atoms with Crippen molar-refractivity contribution in [2.24, 2.45) is 11.8 Å². The lowest BCUT2D eigenvalue weighted by molar-refractivity contribution is -0.151. The first-order valence-electron chi connectivity index (χ1n) is 12.0. The average molecular weight is 476 g/mol. The lowest BCUT2D eigenvalue weighted by Crippen LogP contribution is -2.57. The summed E-state index contributed by atoms with van der Waals surface area (Å²) in [5, 5.41) is 14.8. The molecule has 0 aliphatic carbocycles. The number of methoxy groups -OCH3 is 1. The van der Waals surface area contributed by atoms with Gasteiger partial charge in [0, 0.05) is 41.7 Å². The monoisotopic (exact) mass is 475 g/mol. The number of likely N-dealkylation sites (tertiary alicyclic amines) is 1. The molecule has 2 aliphatic rings. The molecule has 0 saturated carbocycles. The van der Waals surface area contributed by atoms with Gasteiger partial charge >= 0.3 is 5.97 Å². The number of carboxylic acids is 1. The Labute approximate surface area is 203 Å². The van der Waals surface area contributed by atoms with Gasteiger partial charge in [-0.05, 0) is 24.1 Å². The minimum atomic E-state index is -1.66. The summed E-state index contributed by atoms with van der Waals surface area (Å²) in [4.78, 5) is 44.9. The van der Waals surface area contributed by atoms with Gasteiger partial charge in [0.1, 0.15) is 11.3 Å². The van der Waals surface area contributed by atoms with Gasteiger partial charge in [0.15, 0.2) is 0 Å². The maximum atomic E-state index is 13.7. The van der Waals surface area contributed by atoms with E-state index in [9.17, 15) is 19.5 Å². The third-order valence-corrected chi connectivity index (χ3v) is 7.48. The van der Waals surface area contributed by atoms with E-state index in [4.69, 9.17) is 4.74 Å². The number of amides is 2. The topological polar surface area (TPSA) is 112 Å². The zero-order chi connectivity index (χ0) is 24.7. The molecule has 3 aromatic rings. The summed E-state index contributed by atoms with van der Waals surface area (Å²) < 4.78 is 5.55. The van der Waals surface area contributed by atoms with Crippen LogP contribution in [0.2, 0.25) is 0 Å². The van der Waals surface area contributed by atoms with Gasteiger partial charge in [-0.15, -0.1) is 0 Å². The number of carboxylic acid groups (broad SMARTS) is 1. The van der Waals surface area contributed by atoms with Gasteiger partial charge in [0.25, 0.3) is 0 Å². The van der Waals surface area contributed by atoms with E-state index in [1.165, 1.54) is 12.0 Å². The number of aromatic amines is 1. The van der Waals surface area contributed by atoms with Crippen LogP contribution in [0.15, 0.2) is 54.7 Å². The molecule has 4 unspecified atom stereocenters. The van der Waals surface area contributed by atoms with E-state index in [2.05, 4.69) is 10.3 Å². The van der Waals surface area contributed by atoms with Crippen LogP contribution in [0, 0.1) is 11.8 Å². The molecular formula is C27H29N3O5. The summed E-state index contributed by atoms with van der Waals surface area (Å²) in [6.07, 6.45) is 3.34. The maximum Gasteiger partial charge on any atom is 0.325 e. The number of benzene rings is 2. The first-order valence-corrected chi connectivity index (χ1v) is 12.0. The molecule has 2 aromatic carbocycles. The minimum Gasteiger partial charge on any atom is -0.496 e. The lowest BCUT2D eigenvalue weighted by atomic mass is 9.76. The van der Waals surface area contributed by atoms with Crippen molar-refractivity contribution in [3.8, 4) is 5.75 Å². The molecule has 1 aromatic heterocycles. The van der Waals surface area contributed by atoms with Gasteiger partial charge in [-0.1, -0.05) is 49.7 Å². The smallest absolute Gasteiger partial charge is 0.325 e.